The number of hydrogen-bond donors (Lipinski definition) is 2. The fourth-order valence-electron chi connectivity index (χ4n) is 3.87. The summed E-state index contributed by atoms with van der Waals surface area (Å²) in [5, 5.41) is 35.6. The Morgan fingerprint density at radius 2 is 1.70 bits per heavy atom. The Morgan fingerprint density at radius 1 is 1.11 bits per heavy atom. The standard InChI is InChI=1S/C27H29F3N6O4.2C2H6.CH2O/c1-26(2,25(40)35(17-38)22-10-6-19(13-31)24(12-22)27(28,29)30)34(3)14-18-4-8-21(9-5-18)36-15-20(32-33-36)7-11-23(39)16-37;3*1-2/h4-6,8-10,12,15,17,23,37,39H,7,11,14,16H2,1-3H3;2*1-2H3;1H2. The van der Waals surface area contributed by atoms with Crippen LogP contribution in [0.25, 0.3) is 5.69 Å². The second-order valence-electron chi connectivity index (χ2n) is 9.73. The number of alkyl halides is 3. The molecule has 3 aromatic rings. The van der Waals surface area contributed by atoms with Gasteiger partial charge >= 0.3 is 6.18 Å². The Kier molecular flexibility index (Phi) is 17.9. The first-order valence-electron chi connectivity index (χ1n) is 14.5. The Hall–Kier alpha value is -4.45. The maximum atomic E-state index is 13.4. The number of nitriles is 1. The van der Waals surface area contributed by atoms with Crippen LogP contribution in [0.5, 0.6) is 0 Å². The molecule has 0 aliphatic heterocycles. The molecule has 0 aliphatic rings. The molecule has 2 amide bonds. The van der Waals surface area contributed by atoms with Crippen molar-refractivity contribution in [1.82, 2.24) is 19.9 Å². The maximum absolute atomic E-state index is 13.4. The van der Waals surface area contributed by atoms with Crippen LogP contribution in [0.15, 0.2) is 48.7 Å². The zero-order valence-electron chi connectivity index (χ0n) is 27.2. The third-order valence-corrected chi connectivity index (χ3v) is 6.61. The van der Waals surface area contributed by atoms with Crippen LogP contribution in [-0.2, 0) is 33.5 Å². The Balaban J connectivity index is 0.00000318. The van der Waals surface area contributed by atoms with Gasteiger partial charge in [-0.3, -0.25) is 19.4 Å². The summed E-state index contributed by atoms with van der Waals surface area (Å²) in [7, 11) is 1.65. The van der Waals surface area contributed by atoms with Crippen LogP contribution in [0.4, 0.5) is 18.9 Å². The molecule has 14 heteroatoms. The highest BCUT2D eigenvalue weighted by molar-refractivity contribution is 6.11. The summed E-state index contributed by atoms with van der Waals surface area (Å²) in [5.74, 6) is -0.749. The number of imide groups is 1. The number of aliphatic hydroxyl groups is 2. The van der Waals surface area contributed by atoms with E-state index in [0.29, 0.717) is 29.5 Å². The van der Waals surface area contributed by atoms with Crippen LogP contribution in [0, 0.1) is 11.3 Å². The number of aliphatic hydroxyl groups excluding tert-OH is 2. The molecule has 46 heavy (non-hydrogen) atoms. The molecule has 0 bridgehead atoms. The smallest absolute Gasteiger partial charge is 0.394 e. The van der Waals surface area contributed by atoms with Crippen LogP contribution < -0.4 is 4.90 Å². The minimum Gasteiger partial charge on any atom is -0.394 e. The van der Waals surface area contributed by atoms with Gasteiger partial charge in [0.15, 0.2) is 0 Å². The summed E-state index contributed by atoms with van der Waals surface area (Å²) in [4.78, 5) is 35.5. The number of likely N-dealkylation sites (N-methyl/N-ethyl adjacent to an activating group) is 1. The first-order valence-corrected chi connectivity index (χ1v) is 14.5. The molecule has 2 aromatic carbocycles. The van der Waals surface area contributed by atoms with Gasteiger partial charge in [0.05, 0.1) is 58.7 Å². The van der Waals surface area contributed by atoms with E-state index >= 15 is 0 Å². The summed E-state index contributed by atoms with van der Waals surface area (Å²) in [6, 6.07) is 11.4. The van der Waals surface area contributed by atoms with Gasteiger partial charge in [-0.05, 0) is 69.6 Å². The molecule has 11 nitrogen and oxygen atoms in total. The predicted molar refractivity (Wildman–Crippen MR) is 168 cm³/mol. The molecular weight excluding hydrogens is 605 g/mol. The molecule has 0 saturated heterocycles. The van der Waals surface area contributed by atoms with E-state index in [1.165, 1.54) is 6.07 Å². The van der Waals surface area contributed by atoms with Crippen molar-refractivity contribution in [3.63, 3.8) is 0 Å². The van der Waals surface area contributed by atoms with E-state index in [-0.39, 0.29) is 25.2 Å². The molecule has 3 rings (SSSR count). The van der Waals surface area contributed by atoms with Crippen LogP contribution >= 0.6 is 0 Å². The van der Waals surface area contributed by atoms with Gasteiger partial charge in [-0.2, -0.15) is 18.4 Å². The third kappa shape index (κ3) is 11.2. The first-order chi connectivity index (χ1) is 21.8. The van der Waals surface area contributed by atoms with Gasteiger partial charge in [0.1, 0.15) is 6.79 Å². The summed E-state index contributed by atoms with van der Waals surface area (Å²) >= 11 is 0. The minimum absolute atomic E-state index is 0.158. The number of halogens is 3. The number of hydrogen-bond acceptors (Lipinski definition) is 9. The summed E-state index contributed by atoms with van der Waals surface area (Å²) in [6.07, 6.45) is -2.98. The van der Waals surface area contributed by atoms with Crippen LogP contribution in [0.3, 0.4) is 0 Å². The number of carbonyl (C=O) groups excluding carboxylic acids is 3. The number of aryl methyl sites for hydroxylation is 1. The zero-order valence-corrected chi connectivity index (χ0v) is 27.2. The number of carbonyl (C=O) groups is 3. The average molecular weight is 649 g/mol. The average Bonchev–Trinajstić information content (AvgIpc) is 3.55. The van der Waals surface area contributed by atoms with Gasteiger partial charge in [0.25, 0.3) is 5.91 Å². The van der Waals surface area contributed by atoms with E-state index in [1.807, 2.05) is 46.6 Å². The van der Waals surface area contributed by atoms with Crippen LogP contribution in [0.2, 0.25) is 0 Å². The highest BCUT2D eigenvalue weighted by Crippen LogP contribution is 2.35. The molecule has 0 fully saturated rings. The fraction of sp³-hybridized carbons (Fsp3) is 0.438. The fourth-order valence-corrected chi connectivity index (χ4v) is 3.87. The van der Waals surface area contributed by atoms with Gasteiger partial charge in [-0.15, -0.1) is 5.10 Å². The molecule has 0 saturated carbocycles. The van der Waals surface area contributed by atoms with E-state index in [9.17, 15) is 27.9 Å². The molecule has 0 spiro atoms. The molecule has 1 unspecified atom stereocenters. The van der Waals surface area contributed by atoms with Crippen molar-refractivity contribution in [3.05, 3.63) is 71.0 Å². The van der Waals surface area contributed by atoms with Gasteiger partial charge in [-0.25, -0.2) is 4.68 Å². The zero-order chi connectivity index (χ0) is 35.7. The number of rotatable bonds is 11. The van der Waals surface area contributed by atoms with E-state index in [4.69, 9.17) is 15.2 Å². The van der Waals surface area contributed by atoms with E-state index in [0.717, 1.165) is 23.4 Å². The quantitative estimate of drug-likeness (QED) is 0.282. The molecule has 1 aromatic heterocycles. The number of amides is 2. The topological polar surface area (TPSA) is 153 Å². The van der Waals surface area contributed by atoms with Crippen molar-refractivity contribution in [2.75, 3.05) is 18.6 Å². The largest absolute Gasteiger partial charge is 0.417 e. The van der Waals surface area contributed by atoms with Gasteiger partial charge < -0.3 is 15.0 Å². The van der Waals surface area contributed by atoms with Crippen molar-refractivity contribution < 1.29 is 37.8 Å². The minimum atomic E-state index is -4.84. The molecule has 1 heterocycles. The van der Waals surface area contributed by atoms with E-state index in [1.54, 1.807) is 48.8 Å². The number of benzene rings is 2. The van der Waals surface area contributed by atoms with Crippen molar-refractivity contribution >= 4 is 24.8 Å². The Morgan fingerprint density at radius 3 is 2.20 bits per heavy atom. The van der Waals surface area contributed by atoms with Crippen LogP contribution in [-0.4, -0.2) is 74.5 Å². The molecule has 2 N–H and O–H groups in total. The van der Waals surface area contributed by atoms with E-state index in [2.05, 4.69) is 10.3 Å². The first kappa shape index (κ1) is 41.5. The SMILES string of the molecule is C=O.CC.CC.CN(Cc1ccc(-n2cc(CCC(O)CO)nn2)cc1)C(C)(C)C(=O)N(C=O)c1ccc(C#N)c(C(F)(F)F)c1. The summed E-state index contributed by atoms with van der Waals surface area (Å²) < 4.78 is 41.8. The van der Waals surface area contributed by atoms with Crippen molar-refractivity contribution in [2.45, 2.75) is 78.7 Å². The monoisotopic (exact) mass is 648 g/mol. The molecule has 0 aliphatic carbocycles. The number of aromatic nitrogens is 3. The summed E-state index contributed by atoms with van der Waals surface area (Å²) in [6.45, 7) is 13.1. The maximum Gasteiger partial charge on any atom is 0.417 e. The number of anilines is 1. The summed E-state index contributed by atoms with van der Waals surface area (Å²) in [5.41, 5.74) is -1.26. The van der Waals surface area contributed by atoms with Gasteiger partial charge in [-0.1, -0.05) is 45.0 Å². The van der Waals surface area contributed by atoms with Crippen molar-refractivity contribution in [3.8, 4) is 11.8 Å². The lowest BCUT2D eigenvalue weighted by Gasteiger charge is -2.36. The van der Waals surface area contributed by atoms with Crippen molar-refractivity contribution in [2.24, 2.45) is 0 Å². The highest BCUT2D eigenvalue weighted by atomic mass is 19.4. The number of nitrogens with zero attached hydrogens (tertiary/aromatic N) is 6. The predicted octanol–water partition coefficient (Wildman–Crippen LogP) is 4.71. The molecular formula is C32H43F3N6O5. The second-order valence-corrected chi connectivity index (χ2v) is 9.73. The third-order valence-electron chi connectivity index (χ3n) is 6.61. The molecule has 0 radical (unpaired) electrons. The lowest BCUT2D eigenvalue weighted by Crippen LogP contribution is -2.54. The highest BCUT2D eigenvalue weighted by Gasteiger charge is 2.39. The van der Waals surface area contributed by atoms with Gasteiger partial charge in [0, 0.05) is 6.54 Å². The van der Waals surface area contributed by atoms with Crippen LogP contribution in [0.1, 0.15) is 70.3 Å². The van der Waals surface area contributed by atoms with E-state index < -0.39 is 34.9 Å². The lowest BCUT2D eigenvalue weighted by atomic mass is 9.99. The normalized spacial score (nSPS) is 11.4. The van der Waals surface area contributed by atoms with Gasteiger partial charge in [0.2, 0.25) is 6.41 Å². The molecule has 252 valence electrons. The lowest BCUT2D eigenvalue weighted by molar-refractivity contribution is -0.138. The molecule has 1 atom stereocenters. The Labute approximate surface area is 267 Å². The second kappa shape index (κ2) is 19.8. The van der Waals surface area contributed by atoms with Crippen molar-refractivity contribution in [1.29, 1.82) is 5.26 Å². The Bertz CT molecular complexity index is 1400.